The molecule has 0 radical (unpaired) electrons. The summed E-state index contributed by atoms with van der Waals surface area (Å²) in [6.45, 7) is 7.74. The fraction of sp³-hybridized carbons (Fsp3) is 0.600. The smallest absolute Gasteiger partial charge is 0.323 e. The van der Waals surface area contributed by atoms with Gasteiger partial charge in [-0.2, -0.15) is 0 Å². The van der Waals surface area contributed by atoms with Crippen LogP contribution in [-0.4, -0.2) is 83.0 Å². The van der Waals surface area contributed by atoms with Gasteiger partial charge < -0.3 is 40.1 Å². The number of carbonyl (C=O) groups is 3. The molecule has 2 aromatic rings. The van der Waals surface area contributed by atoms with Crippen molar-refractivity contribution in [3.05, 3.63) is 35.2 Å². The van der Waals surface area contributed by atoms with E-state index in [9.17, 15) is 19.5 Å². The number of aliphatic hydroxyl groups excluding tert-OH is 1. The third-order valence-corrected chi connectivity index (χ3v) is 8.18. The van der Waals surface area contributed by atoms with Gasteiger partial charge >= 0.3 is 12.1 Å². The standard InChI is InChI=1S/C30H44N6O6/c1-18-15-36(19(2)17-37)27(38)14-22-13-24(31-29(39)33-28-20(3)34-42-21(28)4)11-12-25(22)41-26(18)16-35(5)30(40)32-23-9-7-6-8-10-23/h11-13,18-19,23,26,37H,6-10,14-17H2,1-5H3,(H,32,40)(H2,31,33,39)/t18-,19-,26-/m0/s1. The molecule has 0 unspecified atom stereocenters. The molecule has 12 heteroatoms. The summed E-state index contributed by atoms with van der Waals surface area (Å²) in [4.78, 5) is 42.6. The van der Waals surface area contributed by atoms with Crippen LogP contribution < -0.4 is 20.7 Å². The molecule has 2 heterocycles. The van der Waals surface area contributed by atoms with Crippen molar-refractivity contribution in [1.29, 1.82) is 0 Å². The Morgan fingerprint density at radius 1 is 1.19 bits per heavy atom. The van der Waals surface area contributed by atoms with Gasteiger partial charge in [-0.25, -0.2) is 9.59 Å². The van der Waals surface area contributed by atoms with Crippen LogP contribution in [0.1, 0.15) is 63.0 Å². The van der Waals surface area contributed by atoms with E-state index in [0.29, 0.717) is 47.2 Å². The van der Waals surface area contributed by atoms with Crippen molar-refractivity contribution >= 4 is 29.3 Å². The molecule has 1 fully saturated rings. The van der Waals surface area contributed by atoms with Crippen molar-refractivity contribution in [2.45, 2.75) is 84.4 Å². The number of urea groups is 2. The van der Waals surface area contributed by atoms with Gasteiger partial charge in [-0.05, 0) is 51.8 Å². The molecule has 0 saturated heterocycles. The molecule has 12 nitrogen and oxygen atoms in total. The van der Waals surface area contributed by atoms with Crippen LogP contribution in [0.4, 0.5) is 21.0 Å². The van der Waals surface area contributed by atoms with Crippen LogP contribution >= 0.6 is 0 Å². The van der Waals surface area contributed by atoms with Gasteiger partial charge in [0.15, 0.2) is 5.76 Å². The van der Waals surface area contributed by atoms with Gasteiger partial charge in [-0.3, -0.25) is 4.79 Å². The number of likely N-dealkylation sites (N-methyl/N-ethyl adjacent to an activating group) is 1. The summed E-state index contributed by atoms with van der Waals surface area (Å²) < 4.78 is 11.6. The van der Waals surface area contributed by atoms with Crippen molar-refractivity contribution in [2.75, 3.05) is 37.4 Å². The van der Waals surface area contributed by atoms with Crippen LogP contribution in [0.5, 0.6) is 5.75 Å². The predicted molar refractivity (Wildman–Crippen MR) is 159 cm³/mol. The van der Waals surface area contributed by atoms with E-state index in [1.807, 2.05) is 6.92 Å². The second-order valence-electron chi connectivity index (χ2n) is 11.7. The first-order valence-electron chi connectivity index (χ1n) is 14.8. The molecular formula is C30H44N6O6. The Bertz CT molecular complexity index is 1240. The summed E-state index contributed by atoms with van der Waals surface area (Å²) >= 11 is 0. The average molecular weight is 585 g/mol. The summed E-state index contributed by atoms with van der Waals surface area (Å²) in [6.07, 6.45) is 5.04. The monoisotopic (exact) mass is 584 g/mol. The molecule has 1 saturated carbocycles. The van der Waals surface area contributed by atoms with Gasteiger partial charge in [0.2, 0.25) is 5.91 Å². The number of rotatable bonds is 7. The zero-order valence-corrected chi connectivity index (χ0v) is 25.2. The molecule has 0 spiro atoms. The van der Waals surface area contributed by atoms with E-state index in [4.69, 9.17) is 9.26 Å². The molecule has 1 aromatic carbocycles. The van der Waals surface area contributed by atoms with E-state index in [1.165, 1.54) is 6.42 Å². The normalized spacial score (nSPS) is 20.3. The van der Waals surface area contributed by atoms with Crippen molar-refractivity contribution < 1.29 is 28.8 Å². The van der Waals surface area contributed by atoms with E-state index in [2.05, 4.69) is 21.1 Å². The first-order chi connectivity index (χ1) is 20.0. The minimum Gasteiger partial charge on any atom is -0.488 e. The Labute approximate surface area is 247 Å². The number of hydrogen-bond acceptors (Lipinski definition) is 7. The van der Waals surface area contributed by atoms with Crippen molar-refractivity contribution in [1.82, 2.24) is 20.3 Å². The summed E-state index contributed by atoms with van der Waals surface area (Å²) in [5.74, 6) is 0.704. The predicted octanol–water partition coefficient (Wildman–Crippen LogP) is 4.06. The van der Waals surface area contributed by atoms with E-state index in [0.717, 1.165) is 25.7 Å². The first kappa shape index (κ1) is 31.1. The topological polar surface area (TPSA) is 149 Å². The SMILES string of the molecule is Cc1noc(C)c1NC(=O)Nc1ccc2c(c1)CC(=O)N([C@@H](C)CO)C[C@H](C)[C@H](CN(C)C(=O)NC1CCCCC1)O2. The number of aryl methyl sites for hydroxylation is 2. The average Bonchev–Trinajstić information content (AvgIpc) is 3.29. The van der Waals surface area contributed by atoms with Gasteiger partial charge in [0.25, 0.3) is 0 Å². The van der Waals surface area contributed by atoms with Crippen LogP contribution in [-0.2, 0) is 11.2 Å². The van der Waals surface area contributed by atoms with Crippen LogP contribution in [0.2, 0.25) is 0 Å². The second kappa shape index (κ2) is 13.9. The molecule has 2 aliphatic rings. The lowest BCUT2D eigenvalue weighted by Gasteiger charge is -2.34. The zero-order chi connectivity index (χ0) is 30.4. The highest BCUT2D eigenvalue weighted by Gasteiger charge is 2.32. The highest BCUT2D eigenvalue weighted by Crippen LogP contribution is 2.30. The quantitative estimate of drug-likeness (QED) is 0.383. The Morgan fingerprint density at radius 2 is 1.93 bits per heavy atom. The van der Waals surface area contributed by atoms with Gasteiger partial charge in [0.1, 0.15) is 23.2 Å². The number of nitrogens with one attached hydrogen (secondary N) is 3. The first-order valence-corrected chi connectivity index (χ1v) is 14.8. The summed E-state index contributed by atoms with van der Waals surface area (Å²) in [5.41, 5.74) is 2.13. The highest BCUT2D eigenvalue weighted by atomic mass is 16.5. The third-order valence-electron chi connectivity index (χ3n) is 8.18. The van der Waals surface area contributed by atoms with Gasteiger partial charge in [0.05, 0.1) is 25.6 Å². The van der Waals surface area contributed by atoms with Crippen LogP contribution in [0.3, 0.4) is 0 Å². The Balaban J connectivity index is 1.54. The third kappa shape index (κ3) is 7.72. The van der Waals surface area contributed by atoms with Crippen molar-refractivity contribution in [2.24, 2.45) is 5.92 Å². The summed E-state index contributed by atoms with van der Waals surface area (Å²) in [7, 11) is 1.76. The molecule has 4 N–H and O–H groups in total. The minimum absolute atomic E-state index is 0.0259. The lowest BCUT2D eigenvalue weighted by atomic mass is 9.96. The molecule has 1 aliphatic carbocycles. The fourth-order valence-corrected chi connectivity index (χ4v) is 5.55. The number of amides is 5. The molecule has 0 bridgehead atoms. The van der Waals surface area contributed by atoms with E-state index in [1.54, 1.807) is 55.8 Å². The highest BCUT2D eigenvalue weighted by molar-refractivity contribution is 6.00. The number of benzene rings is 1. The minimum atomic E-state index is -0.479. The van der Waals surface area contributed by atoms with Crippen LogP contribution in [0.25, 0.3) is 0 Å². The molecule has 1 aromatic heterocycles. The van der Waals surface area contributed by atoms with Crippen LogP contribution in [0, 0.1) is 19.8 Å². The van der Waals surface area contributed by atoms with Gasteiger partial charge in [-0.15, -0.1) is 0 Å². The van der Waals surface area contributed by atoms with Gasteiger partial charge in [0, 0.05) is 36.8 Å². The maximum absolute atomic E-state index is 13.5. The number of fused-ring (bicyclic) bond motifs is 1. The lowest BCUT2D eigenvalue weighted by molar-refractivity contribution is -0.134. The second-order valence-corrected chi connectivity index (χ2v) is 11.7. The van der Waals surface area contributed by atoms with Crippen LogP contribution in [0.15, 0.2) is 22.7 Å². The van der Waals surface area contributed by atoms with Crippen molar-refractivity contribution in [3.8, 4) is 5.75 Å². The lowest BCUT2D eigenvalue weighted by Crippen LogP contribution is -2.50. The fourth-order valence-electron chi connectivity index (χ4n) is 5.55. The molecule has 3 atom stereocenters. The van der Waals surface area contributed by atoms with E-state index < -0.39 is 18.2 Å². The molecule has 4 rings (SSSR count). The van der Waals surface area contributed by atoms with E-state index in [-0.39, 0.29) is 36.9 Å². The number of anilines is 2. The molecule has 42 heavy (non-hydrogen) atoms. The molecule has 230 valence electrons. The molecular weight excluding hydrogens is 540 g/mol. The zero-order valence-electron chi connectivity index (χ0n) is 25.2. The number of carbonyl (C=O) groups excluding carboxylic acids is 3. The summed E-state index contributed by atoms with van der Waals surface area (Å²) in [5, 5.41) is 22.4. The van der Waals surface area contributed by atoms with Gasteiger partial charge in [-0.1, -0.05) is 31.3 Å². The number of hydrogen-bond donors (Lipinski definition) is 4. The number of nitrogens with zero attached hydrogens (tertiary/aromatic N) is 3. The van der Waals surface area contributed by atoms with E-state index >= 15 is 0 Å². The maximum Gasteiger partial charge on any atom is 0.323 e. The summed E-state index contributed by atoms with van der Waals surface area (Å²) in [6, 6.07) is 4.34. The number of aromatic nitrogens is 1. The maximum atomic E-state index is 13.5. The largest absolute Gasteiger partial charge is 0.488 e. The number of ether oxygens (including phenoxy) is 1. The Hall–Kier alpha value is -3.80. The molecule has 1 aliphatic heterocycles. The molecule has 5 amide bonds. The van der Waals surface area contributed by atoms with Crippen molar-refractivity contribution in [3.63, 3.8) is 0 Å². The Kier molecular flexibility index (Phi) is 10.3. The number of aliphatic hydroxyl groups is 1. The Morgan fingerprint density at radius 3 is 2.60 bits per heavy atom.